The predicted molar refractivity (Wildman–Crippen MR) is 146 cm³/mol. The summed E-state index contributed by atoms with van der Waals surface area (Å²) < 4.78 is 18.1. The molecule has 4 aromatic rings. The number of carbonyl (C=O) groups excluding carboxylic acids is 1. The Bertz CT molecular complexity index is 1470. The first-order valence-corrected chi connectivity index (χ1v) is 12.0. The summed E-state index contributed by atoms with van der Waals surface area (Å²) in [5, 5.41) is 3.75. The lowest BCUT2D eigenvalue weighted by molar-refractivity contribution is -0.124. The molecule has 1 N–H and O–H groups in total. The topological polar surface area (TPSA) is 78.8 Å². The Labute approximate surface area is 216 Å². The smallest absolute Gasteiger partial charge is 0.252 e. The van der Waals surface area contributed by atoms with Crippen molar-refractivity contribution in [2.45, 2.75) is 32.4 Å². The van der Waals surface area contributed by atoms with Crippen molar-refractivity contribution < 1.29 is 19.0 Å². The molecule has 0 saturated heterocycles. The normalized spacial score (nSPS) is 12.2. The zero-order valence-electron chi connectivity index (χ0n) is 22.0. The van der Waals surface area contributed by atoms with Crippen LogP contribution < -0.4 is 25.1 Å². The third-order valence-corrected chi connectivity index (χ3v) is 6.07. The zero-order valence-corrected chi connectivity index (χ0v) is 22.0. The van der Waals surface area contributed by atoms with E-state index in [9.17, 15) is 9.59 Å². The number of benzene rings is 3. The number of ether oxygens (including phenoxy) is 3. The fraction of sp³-hybridized carbons (Fsp3) is 0.267. The average Bonchev–Trinajstić information content (AvgIpc) is 2.89. The molecule has 0 spiro atoms. The molecule has 0 saturated carbocycles. The molecule has 3 aromatic carbocycles. The summed E-state index contributed by atoms with van der Waals surface area (Å²) in [6.07, 6.45) is 0. The number of fused-ring (bicyclic) bond motifs is 1. The number of hydrogen-bond donors (Lipinski definition) is 1. The molecular formula is C30H32N2O5. The van der Waals surface area contributed by atoms with Gasteiger partial charge in [0.1, 0.15) is 23.3 Å². The third kappa shape index (κ3) is 5.31. The first-order valence-electron chi connectivity index (χ1n) is 12.0. The number of amides is 1. The van der Waals surface area contributed by atoms with E-state index in [1.807, 2.05) is 51.1 Å². The fourth-order valence-corrected chi connectivity index (χ4v) is 4.45. The number of hydrogen-bond acceptors (Lipinski definition) is 5. The Kier molecular flexibility index (Phi) is 7.25. The molecule has 0 bridgehead atoms. The van der Waals surface area contributed by atoms with Crippen LogP contribution in [0.4, 0.5) is 0 Å². The Balaban J connectivity index is 2.10. The van der Waals surface area contributed by atoms with Crippen LogP contribution >= 0.6 is 0 Å². The van der Waals surface area contributed by atoms with Gasteiger partial charge in [-0.2, -0.15) is 0 Å². The zero-order chi connectivity index (χ0) is 26.7. The number of pyridine rings is 1. The summed E-state index contributed by atoms with van der Waals surface area (Å²) in [6.45, 7) is 5.71. The van der Waals surface area contributed by atoms with E-state index in [1.165, 1.54) is 4.57 Å². The molecule has 7 nitrogen and oxygen atoms in total. The van der Waals surface area contributed by atoms with E-state index >= 15 is 0 Å². The molecule has 7 heteroatoms. The van der Waals surface area contributed by atoms with Gasteiger partial charge < -0.3 is 19.5 Å². The van der Waals surface area contributed by atoms with Gasteiger partial charge >= 0.3 is 0 Å². The number of methoxy groups -OCH3 is 3. The van der Waals surface area contributed by atoms with Crippen molar-refractivity contribution in [2.75, 3.05) is 21.3 Å². The van der Waals surface area contributed by atoms with Gasteiger partial charge in [-0.1, -0.05) is 42.5 Å². The van der Waals surface area contributed by atoms with Crippen LogP contribution in [-0.2, 0) is 4.79 Å². The molecule has 0 aliphatic carbocycles. The van der Waals surface area contributed by atoms with Crippen LogP contribution in [0.3, 0.4) is 0 Å². The molecule has 1 heterocycles. The van der Waals surface area contributed by atoms with E-state index < -0.39 is 11.6 Å². The standard InChI is InChI=1S/C30H32N2O5/c1-30(2,3)31-29(34)28(20-12-14-21(35-4)15-13-20)32-24-16-22(36-5)17-25(37-6)27(24)23(18-26(32)33)19-10-8-7-9-11-19/h7-18,28H,1-6H3,(H,31,34). The van der Waals surface area contributed by atoms with E-state index in [-0.39, 0.29) is 11.5 Å². The van der Waals surface area contributed by atoms with Gasteiger partial charge in [-0.05, 0) is 44.0 Å². The minimum atomic E-state index is -0.957. The highest BCUT2D eigenvalue weighted by Crippen LogP contribution is 2.39. The molecule has 4 rings (SSSR count). The summed E-state index contributed by atoms with van der Waals surface area (Å²) in [5.41, 5.74) is 1.89. The monoisotopic (exact) mass is 500 g/mol. The minimum absolute atomic E-state index is 0.310. The molecule has 0 aliphatic heterocycles. The Hall–Kier alpha value is -4.26. The quantitative estimate of drug-likeness (QED) is 0.377. The van der Waals surface area contributed by atoms with Gasteiger partial charge in [-0.25, -0.2) is 0 Å². The maximum absolute atomic E-state index is 13.9. The fourth-order valence-electron chi connectivity index (χ4n) is 4.45. The SMILES string of the molecule is COc1ccc(C(C(=O)NC(C)(C)C)n2c(=O)cc(-c3ccccc3)c3c(OC)cc(OC)cc32)cc1. The summed E-state index contributed by atoms with van der Waals surface area (Å²) >= 11 is 0. The summed E-state index contributed by atoms with van der Waals surface area (Å²) in [5.74, 6) is 1.38. The first-order chi connectivity index (χ1) is 17.7. The number of nitrogens with one attached hydrogen (secondary N) is 1. The van der Waals surface area contributed by atoms with Crippen molar-refractivity contribution in [3.63, 3.8) is 0 Å². The highest BCUT2D eigenvalue weighted by molar-refractivity contribution is 6.01. The van der Waals surface area contributed by atoms with Gasteiger partial charge in [0.05, 0.1) is 26.8 Å². The molecule has 37 heavy (non-hydrogen) atoms. The van der Waals surface area contributed by atoms with E-state index in [1.54, 1.807) is 63.8 Å². The van der Waals surface area contributed by atoms with Crippen molar-refractivity contribution in [3.05, 3.63) is 88.7 Å². The van der Waals surface area contributed by atoms with Gasteiger partial charge in [0.25, 0.3) is 5.56 Å². The lowest BCUT2D eigenvalue weighted by Gasteiger charge is -2.28. The lowest BCUT2D eigenvalue weighted by atomic mass is 9.97. The highest BCUT2D eigenvalue weighted by Gasteiger charge is 2.30. The predicted octanol–water partition coefficient (Wildman–Crippen LogP) is 5.20. The van der Waals surface area contributed by atoms with Crippen LogP contribution in [0, 0.1) is 0 Å². The maximum atomic E-state index is 13.9. The maximum Gasteiger partial charge on any atom is 0.252 e. The highest BCUT2D eigenvalue weighted by atomic mass is 16.5. The van der Waals surface area contributed by atoms with Crippen LogP contribution in [0.15, 0.2) is 77.6 Å². The summed E-state index contributed by atoms with van der Waals surface area (Å²) in [7, 11) is 4.71. The van der Waals surface area contributed by atoms with Gasteiger partial charge in [0.2, 0.25) is 5.91 Å². The largest absolute Gasteiger partial charge is 0.497 e. The molecule has 0 fully saturated rings. The van der Waals surface area contributed by atoms with Crippen molar-refractivity contribution in [2.24, 2.45) is 0 Å². The van der Waals surface area contributed by atoms with E-state index in [2.05, 4.69) is 5.32 Å². The van der Waals surface area contributed by atoms with Crippen LogP contribution in [0.25, 0.3) is 22.0 Å². The van der Waals surface area contributed by atoms with Crippen molar-refractivity contribution >= 4 is 16.8 Å². The van der Waals surface area contributed by atoms with E-state index in [4.69, 9.17) is 14.2 Å². The van der Waals surface area contributed by atoms with Crippen molar-refractivity contribution in [1.82, 2.24) is 9.88 Å². The second-order valence-corrected chi connectivity index (χ2v) is 9.77. The lowest BCUT2D eigenvalue weighted by Crippen LogP contribution is -2.46. The van der Waals surface area contributed by atoms with Gasteiger partial charge in [-0.15, -0.1) is 0 Å². The molecule has 0 aliphatic rings. The second-order valence-electron chi connectivity index (χ2n) is 9.77. The van der Waals surface area contributed by atoms with Crippen LogP contribution in [-0.4, -0.2) is 37.3 Å². The third-order valence-electron chi connectivity index (χ3n) is 6.07. The Morgan fingerprint density at radius 2 is 1.49 bits per heavy atom. The minimum Gasteiger partial charge on any atom is -0.497 e. The van der Waals surface area contributed by atoms with Crippen molar-refractivity contribution in [1.29, 1.82) is 0 Å². The van der Waals surface area contributed by atoms with E-state index in [0.29, 0.717) is 39.3 Å². The number of nitrogens with zero attached hydrogens (tertiary/aromatic N) is 1. The number of carbonyl (C=O) groups is 1. The van der Waals surface area contributed by atoms with Gasteiger partial charge in [0, 0.05) is 34.7 Å². The number of aromatic nitrogens is 1. The van der Waals surface area contributed by atoms with E-state index in [0.717, 1.165) is 5.56 Å². The van der Waals surface area contributed by atoms with Crippen LogP contribution in [0.1, 0.15) is 32.4 Å². The summed E-state index contributed by atoms with van der Waals surface area (Å²) in [4.78, 5) is 27.7. The summed E-state index contributed by atoms with van der Waals surface area (Å²) in [6, 6.07) is 20.9. The molecular weight excluding hydrogens is 468 g/mol. The van der Waals surface area contributed by atoms with Crippen molar-refractivity contribution in [3.8, 4) is 28.4 Å². The molecule has 1 amide bonds. The van der Waals surface area contributed by atoms with Gasteiger partial charge in [0.15, 0.2) is 0 Å². The molecule has 0 radical (unpaired) electrons. The molecule has 1 atom stereocenters. The Morgan fingerprint density at radius 3 is 2.05 bits per heavy atom. The second kappa shape index (κ2) is 10.4. The average molecular weight is 501 g/mol. The van der Waals surface area contributed by atoms with Gasteiger partial charge in [-0.3, -0.25) is 14.2 Å². The Morgan fingerprint density at radius 1 is 0.838 bits per heavy atom. The van der Waals surface area contributed by atoms with Crippen LogP contribution in [0.5, 0.6) is 17.2 Å². The first kappa shape index (κ1) is 25.8. The number of rotatable bonds is 7. The molecule has 192 valence electrons. The van der Waals surface area contributed by atoms with Crippen LogP contribution in [0.2, 0.25) is 0 Å². The molecule has 1 unspecified atom stereocenters. The molecule has 1 aromatic heterocycles.